The van der Waals surface area contributed by atoms with Crippen molar-refractivity contribution in [2.75, 3.05) is 16.8 Å². The van der Waals surface area contributed by atoms with Crippen molar-refractivity contribution in [3.8, 4) is 0 Å². The van der Waals surface area contributed by atoms with E-state index >= 15 is 0 Å². The van der Waals surface area contributed by atoms with Gasteiger partial charge >= 0.3 is 0 Å². The van der Waals surface area contributed by atoms with Gasteiger partial charge < -0.3 is 14.6 Å². The normalized spacial score (nSPS) is 13.2. The van der Waals surface area contributed by atoms with Gasteiger partial charge in [-0.1, -0.05) is 18.2 Å². The van der Waals surface area contributed by atoms with Crippen LogP contribution < -0.4 is 10.2 Å². The first-order valence-electron chi connectivity index (χ1n) is 7.21. The second-order valence-corrected chi connectivity index (χ2v) is 5.10. The van der Waals surface area contributed by atoms with Crippen LogP contribution in [-0.4, -0.2) is 21.7 Å². The van der Waals surface area contributed by atoms with E-state index in [1.54, 1.807) is 12.5 Å². The van der Waals surface area contributed by atoms with Crippen molar-refractivity contribution in [1.82, 2.24) is 15.2 Å². The highest BCUT2D eigenvalue weighted by molar-refractivity contribution is 5.65. The maximum Gasteiger partial charge on any atom is 0.251 e. The third-order valence-corrected chi connectivity index (χ3v) is 3.70. The fourth-order valence-corrected chi connectivity index (χ4v) is 2.63. The molecule has 6 nitrogen and oxygen atoms in total. The molecule has 1 aliphatic rings. The summed E-state index contributed by atoms with van der Waals surface area (Å²) in [6.07, 6.45) is 4.28. The lowest BCUT2D eigenvalue weighted by Gasteiger charge is -2.16. The van der Waals surface area contributed by atoms with Gasteiger partial charge in [0.25, 0.3) is 5.95 Å². The van der Waals surface area contributed by atoms with Crippen LogP contribution >= 0.6 is 0 Å². The van der Waals surface area contributed by atoms with E-state index in [2.05, 4.69) is 43.6 Å². The Kier molecular flexibility index (Phi) is 3.19. The van der Waals surface area contributed by atoms with Crippen LogP contribution in [0.4, 0.5) is 17.5 Å². The number of furan rings is 1. The van der Waals surface area contributed by atoms with Gasteiger partial charge in [-0.2, -0.15) is 10.1 Å². The van der Waals surface area contributed by atoms with Crippen molar-refractivity contribution in [2.24, 2.45) is 0 Å². The fraction of sp³-hybridized carbons (Fsp3) is 0.188. The second-order valence-electron chi connectivity index (χ2n) is 5.10. The highest BCUT2D eigenvalue weighted by Gasteiger charge is 2.22. The van der Waals surface area contributed by atoms with Gasteiger partial charge in [-0.15, -0.1) is 5.10 Å². The molecule has 0 fully saturated rings. The van der Waals surface area contributed by atoms with Gasteiger partial charge in [0.05, 0.1) is 19.0 Å². The first kappa shape index (κ1) is 12.8. The van der Waals surface area contributed by atoms with Crippen LogP contribution in [0, 0.1) is 0 Å². The number of hydrogen-bond acceptors (Lipinski definition) is 6. The zero-order valence-electron chi connectivity index (χ0n) is 11.9. The van der Waals surface area contributed by atoms with Crippen molar-refractivity contribution < 1.29 is 4.42 Å². The Morgan fingerprint density at radius 2 is 2.14 bits per heavy atom. The largest absolute Gasteiger partial charge is 0.467 e. The topological polar surface area (TPSA) is 67.1 Å². The van der Waals surface area contributed by atoms with Gasteiger partial charge in [-0.05, 0) is 30.2 Å². The molecular weight excluding hydrogens is 278 g/mol. The molecule has 0 unspecified atom stereocenters. The van der Waals surface area contributed by atoms with Gasteiger partial charge in [-0.3, -0.25) is 0 Å². The molecule has 0 spiro atoms. The molecule has 1 N–H and O–H groups in total. The van der Waals surface area contributed by atoms with Crippen LogP contribution in [0.3, 0.4) is 0 Å². The standard InChI is InChI=1S/C16H15N5O/c1-2-6-14-12(4-1)7-8-21(14)16-19-15(11-18-20-16)17-10-13-5-3-9-22-13/h1-6,9,11H,7-8,10H2,(H,17,19,20). The zero-order valence-corrected chi connectivity index (χ0v) is 11.9. The molecule has 0 radical (unpaired) electrons. The third-order valence-electron chi connectivity index (χ3n) is 3.70. The number of benzene rings is 1. The summed E-state index contributed by atoms with van der Waals surface area (Å²) in [5.74, 6) is 2.16. The molecular formula is C16H15N5O. The Labute approximate surface area is 127 Å². The molecule has 0 saturated carbocycles. The van der Waals surface area contributed by atoms with Crippen LogP contribution in [0.1, 0.15) is 11.3 Å². The Hall–Kier alpha value is -2.89. The molecule has 1 aromatic carbocycles. The lowest BCUT2D eigenvalue weighted by Crippen LogP contribution is -2.17. The Bertz CT molecular complexity index is 772. The number of fused-ring (bicyclic) bond motifs is 1. The van der Waals surface area contributed by atoms with Crippen LogP contribution in [0.25, 0.3) is 0 Å². The van der Waals surface area contributed by atoms with Gasteiger partial charge in [0.1, 0.15) is 5.76 Å². The minimum Gasteiger partial charge on any atom is -0.467 e. The van der Waals surface area contributed by atoms with E-state index in [0.29, 0.717) is 18.3 Å². The Morgan fingerprint density at radius 3 is 3.05 bits per heavy atom. The number of nitrogens with zero attached hydrogens (tertiary/aromatic N) is 4. The molecule has 110 valence electrons. The summed E-state index contributed by atoms with van der Waals surface area (Å²) in [6.45, 7) is 1.45. The van der Waals surface area contributed by atoms with Crippen LogP contribution in [0.15, 0.2) is 53.3 Å². The monoisotopic (exact) mass is 293 g/mol. The van der Waals surface area contributed by atoms with E-state index < -0.39 is 0 Å². The van der Waals surface area contributed by atoms with E-state index in [0.717, 1.165) is 24.4 Å². The summed E-state index contributed by atoms with van der Waals surface area (Å²) in [5, 5.41) is 11.4. The van der Waals surface area contributed by atoms with Crippen molar-refractivity contribution in [3.63, 3.8) is 0 Å². The van der Waals surface area contributed by atoms with Crippen molar-refractivity contribution in [1.29, 1.82) is 0 Å². The average Bonchev–Trinajstić information content (AvgIpc) is 3.23. The third kappa shape index (κ3) is 2.39. The molecule has 22 heavy (non-hydrogen) atoms. The summed E-state index contributed by atoms with van der Waals surface area (Å²) in [7, 11) is 0. The second kappa shape index (κ2) is 5.48. The van der Waals surface area contributed by atoms with Crippen molar-refractivity contribution in [2.45, 2.75) is 13.0 Å². The molecule has 3 aromatic rings. The molecule has 1 aliphatic heterocycles. The minimum absolute atomic E-state index is 0.571. The highest BCUT2D eigenvalue weighted by atomic mass is 16.3. The first-order valence-corrected chi connectivity index (χ1v) is 7.21. The van der Waals surface area contributed by atoms with E-state index in [9.17, 15) is 0 Å². The van der Waals surface area contributed by atoms with Crippen LogP contribution in [0.5, 0.6) is 0 Å². The van der Waals surface area contributed by atoms with E-state index in [1.165, 1.54) is 5.56 Å². The highest BCUT2D eigenvalue weighted by Crippen LogP contribution is 2.32. The lowest BCUT2D eigenvalue weighted by atomic mass is 10.2. The van der Waals surface area contributed by atoms with Gasteiger partial charge in [0.15, 0.2) is 5.82 Å². The molecule has 0 bridgehead atoms. The summed E-state index contributed by atoms with van der Waals surface area (Å²) in [4.78, 5) is 6.65. The summed E-state index contributed by atoms with van der Waals surface area (Å²) >= 11 is 0. The van der Waals surface area contributed by atoms with Crippen molar-refractivity contribution >= 4 is 17.5 Å². The minimum atomic E-state index is 0.571. The number of aromatic nitrogens is 3. The van der Waals surface area contributed by atoms with Gasteiger partial charge in [0, 0.05) is 12.2 Å². The smallest absolute Gasteiger partial charge is 0.251 e. The number of anilines is 3. The number of nitrogens with one attached hydrogen (secondary N) is 1. The number of hydrogen-bond donors (Lipinski definition) is 1. The van der Waals surface area contributed by atoms with Gasteiger partial charge in [-0.25, -0.2) is 0 Å². The molecule has 3 heterocycles. The fourth-order valence-electron chi connectivity index (χ4n) is 2.63. The van der Waals surface area contributed by atoms with Crippen LogP contribution in [-0.2, 0) is 13.0 Å². The number of rotatable bonds is 4. The maximum atomic E-state index is 5.30. The molecule has 6 heteroatoms. The van der Waals surface area contributed by atoms with Crippen molar-refractivity contribution in [3.05, 3.63) is 60.2 Å². The quantitative estimate of drug-likeness (QED) is 0.798. The zero-order chi connectivity index (χ0) is 14.8. The molecule has 0 saturated heterocycles. The molecule has 0 atom stereocenters. The summed E-state index contributed by atoms with van der Waals surface area (Å²) in [5.41, 5.74) is 2.48. The van der Waals surface area contributed by atoms with Crippen LogP contribution in [0.2, 0.25) is 0 Å². The van der Waals surface area contributed by atoms with Gasteiger partial charge in [0.2, 0.25) is 0 Å². The maximum absolute atomic E-state index is 5.30. The SMILES string of the molecule is c1coc(CNc2cnnc(N3CCc4ccccc43)n2)c1. The summed E-state index contributed by atoms with van der Waals surface area (Å²) < 4.78 is 5.30. The Morgan fingerprint density at radius 1 is 1.18 bits per heavy atom. The molecule has 4 rings (SSSR count). The molecule has 2 aromatic heterocycles. The van der Waals surface area contributed by atoms with E-state index in [1.807, 2.05) is 18.2 Å². The Balaban J connectivity index is 1.55. The molecule has 0 amide bonds. The van der Waals surface area contributed by atoms with E-state index in [4.69, 9.17) is 4.42 Å². The predicted molar refractivity (Wildman–Crippen MR) is 83.0 cm³/mol. The molecule has 0 aliphatic carbocycles. The lowest BCUT2D eigenvalue weighted by molar-refractivity contribution is 0.517. The predicted octanol–water partition coefficient (Wildman–Crippen LogP) is 2.77. The van der Waals surface area contributed by atoms with E-state index in [-0.39, 0.29) is 0 Å². The number of para-hydroxylation sites is 1. The first-order chi connectivity index (χ1) is 10.9. The average molecular weight is 293 g/mol. The summed E-state index contributed by atoms with van der Waals surface area (Å²) in [6, 6.07) is 12.1.